The van der Waals surface area contributed by atoms with Gasteiger partial charge < -0.3 is 10.6 Å². The molecule has 5 nitrogen and oxygen atoms in total. The Morgan fingerprint density at radius 1 is 1.14 bits per heavy atom. The van der Waals surface area contributed by atoms with E-state index in [-0.39, 0.29) is 11.8 Å². The summed E-state index contributed by atoms with van der Waals surface area (Å²) in [5.41, 5.74) is 2.37. The summed E-state index contributed by atoms with van der Waals surface area (Å²) in [5, 5.41) is 5.40. The van der Waals surface area contributed by atoms with E-state index in [4.69, 9.17) is 0 Å². The summed E-state index contributed by atoms with van der Waals surface area (Å²) in [4.78, 5) is 25.2. The van der Waals surface area contributed by atoms with Crippen LogP contribution in [0.4, 0.5) is 0 Å². The number of nitrogens with one attached hydrogen (secondary N) is 2. The molecule has 0 aliphatic carbocycles. The molecule has 1 aromatic carbocycles. The third-order valence-electron chi connectivity index (χ3n) is 3.91. The molecule has 2 amide bonds. The molecule has 0 spiro atoms. The Balaban J connectivity index is 1.78. The number of benzene rings is 1. The second-order valence-corrected chi connectivity index (χ2v) is 5.94. The first-order valence-corrected chi connectivity index (χ1v) is 7.89. The maximum Gasteiger partial charge on any atom is 0.242 e. The van der Waals surface area contributed by atoms with Crippen LogP contribution in [0.25, 0.3) is 0 Å². The quantitative estimate of drug-likeness (QED) is 0.835. The first-order valence-electron chi connectivity index (χ1n) is 7.89. The van der Waals surface area contributed by atoms with Crippen molar-refractivity contribution >= 4 is 11.8 Å². The number of rotatable bonds is 6. The lowest BCUT2D eigenvalue weighted by molar-refractivity contribution is -0.127. The highest BCUT2D eigenvalue weighted by molar-refractivity contribution is 5.86. The molecule has 1 aliphatic heterocycles. The zero-order valence-electron chi connectivity index (χ0n) is 13.4. The number of amides is 2. The Hall–Kier alpha value is -1.88. The Kier molecular flexibility index (Phi) is 5.95. The zero-order valence-corrected chi connectivity index (χ0v) is 13.4. The lowest BCUT2D eigenvalue weighted by Crippen LogP contribution is -2.43. The molecule has 1 aliphatic rings. The molecule has 1 atom stereocenters. The van der Waals surface area contributed by atoms with Crippen LogP contribution in [0, 0.1) is 0 Å². The summed E-state index contributed by atoms with van der Waals surface area (Å²) in [7, 11) is 0. The molecule has 0 saturated carbocycles. The highest BCUT2D eigenvalue weighted by atomic mass is 16.2. The van der Waals surface area contributed by atoms with Crippen LogP contribution >= 0.6 is 0 Å². The van der Waals surface area contributed by atoms with Gasteiger partial charge in [-0.2, -0.15) is 0 Å². The fraction of sp³-hybridized carbons (Fsp3) is 0.529. The molecule has 2 N–H and O–H groups in total. The summed E-state index contributed by atoms with van der Waals surface area (Å²) in [6.45, 7) is 6.95. The molecule has 5 heteroatoms. The fourth-order valence-electron chi connectivity index (χ4n) is 2.67. The molecule has 2 rings (SSSR count). The summed E-state index contributed by atoms with van der Waals surface area (Å²) < 4.78 is 0. The van der Waals surface area contributed by atoms with Crippen molar-refractivity contribution in [2.75, 3.05) is 13.1 Å². The zero-order chi connectivity index (χ0) is 15.9. The molecule has 0 radical (unpaired) electrons. The highest BCUT2D eigenvalue weighted by Gasteiger charge is 2.13. The molecule has 120 valence electrons. The van der Waals surface area contributed by atoms with E-state index in [1.807, 2.05) is 0 Å². The van der Waals surface area contributed by atoms with E-state index >= 15 is 0 Å². The highest BCUT2D eigenvalue weighted by Crippen LogP contribution is 2.13. The van der Waals surface area contributed by atoms with Crippen molar-refractivity contribution in [2.24, 2.45) is 0 Å². The summed E-state index contributed by atoms with van der Waals surface area (Å²) in [5.74, 6) is -0.370. The van der Waals surface area contributed by atoms with E-state index in [1.165, 1.54) is 38.4 Å². The molecular formula is C17H25N3O2. The van der Waals surface area contributed by atoms with Crippen LogP contribution in [0.15, 0.2) is 24.3 Å². The normalized spacial score (nSPS) is 16.3. The summed E-state index contributed by atoms with van der Waals surface area (Å²) >= 11 is 0. The smallest absolute Gasteiger partial charge is 0.242 e. The molecule has 22 heavy (non-hydrogen) atoms. The lowest BCUT2D eigenvalue weighted by Gasteiger charge is -2.15. The van der Waals surface area contributed by atoms with Gasteiger partial charge in [-0.05, 0) is 44.0 Å². The maximum atomic E-state index is 11.8. The average Bonchev–Trinajstić information content (AvgIpc) is 2.98. The first-order chi connectivity index (χ1) is 10.5. The molecular weight excluding hydrogens is 278 g/mol. The second-order valence-electron chi connectivity index (χ2n) is 5.94. The van der Waals surface area contributed by atoms with Gasteiger partial charge in [-0.1, -0.05) is 24.3 Å². The van der Waals surface area contributed by atoms with Crippen molar-refractivity contribution < 1.29 is 9.59 Å². The Labute approximate surface area is 132 Å². The number of carbonyl (C=O) groups excluding carboxylic acids is 2. The van der Waals surface area contributed by atoms with Gasteiger partial charge in [0.05, 0.1) is 0 Å². The average molecular weight is 303 g/mol. The van der Waals surface area contributed by atoms with Crippen molar-refractivity contribution in [1.29, 1.82) is 0 Å². The Bertz CT molecular complexity index is 507. The monoisotopic (exact) mass is 303 g/mol. The topological polar surface area (TPSA) is 61.4 Å². The Morgan fingerprint density at radius 2 is 1.73 bits per heavy atom. The summed E-state index contributed by atoms with van der Waals surface area (Å²) in [6.07, 6.45) is 2.60. The van der Waals surface area contributed by atoms with Gasteiger partial charge in [-0.3, -0.25) is 14.5 Å². The first kappa shape index (κ1) is 16.5. The standard InChI is InChI=1S/C17H25N3O2/c1-13(19-14(2)21)17(22)18-11-15-5-7-16(8-6-15)12-20-9-3-4-10-20/h5-8,13H,3-4,9-12H2,1-2H3,(H,18,22)(H,19,21)/t13-/m0/s1. The van der Waals surface area contributed by atoms with Crippen LogP contribution in [0.2, 0.25) is 0 Å². The van der Waals surface area contributed by atoms with Crippen LogP contribution < -0.4 is 10.6 Å². The minimum atomic E-state index is -0.507. The van der Waals surface area contributed by atoms with E-state index in [2.05, 4.69) is 39.8 Å². The predicted octanol–water partition coefficient (Wildman–Crippen LogP) is 1.42. The van der Waals surface area contributed by atoms with Crippen LogP contribution in [0.3, 0.4) is 0 Å². The predicted molar refractivity (Wildman–Crippen MR) is 86.1 cm³/mol. The van der Waals surface area contributed by atoms with Gasteiger partial charge in [-0.15, -0.1) is 0 Å². The molecule has 0 unspecified atom stereocenters. The van der Waals surface area contributed by atoms with E-state index < -0.39 is 6.04 Å². The minimum Gasteiger partial charge on any atom is -0.350 e. The number of hydrogen-bond donors (Lipinski definition) is 2. The van der Waals surface area contributed by atoms with Gasteiger partial charge in [-0.25, -0.2) is 0 Å². The van der Waals surface area contributed by atoms with Crippen molar-refractivity contribution in [1.82, 2.24) is 15.5 Å². The third kappa shape index (κ3) is 5.15. The van der Waals surface area contributed by atoms with E-state index in [9.17, 15) is 9.59 Å². The largest absolute Gasteiger partial charge is 0.350 e. The van der Waals surface area contributed by atoms with Crippen LogP contribution in [-0.4, -0.2) is 35.8 Å². The maximum absolute atomic E-state index is 11.8. The van der Waals surface area contributed by atoms with E-state index in [0.29, 0.717) is 6.54 Å². The number of carbonyl (C=O) groups is 2. The van der Waals surface area contributed by atoms with Gasteiger partial charge in [0.2, 0.25) is 11.8 Å². The van der Waals surface area contributed by atoms with Crippen molar-refractivity contribution in [2.45, 2.75) is 45.8 Å². The SMILES string of the molecule is CC(=O)N[C@@H](C)C(=O)NCc1ccc(CN2CCCC2)cc1. The number of hydrogen-bond acceptors (Lipinski definition) is 3. The Morgan fingerprint density at radius 3 is 2.32 bits per heavy atom. The molecule has 1 aromatic rings. The van der Waals surface area contributed by atoms with E-state index in [0.717, 1.165) is 12.1 Å². The van der Waals surface area contributed by atoms with Crippen molar-refractivity contribution in [3.8, 4) is 0 Å². The molecule has 0 bridgehead atoms. The molecule has 1 heterocycles. The van der Waals surface area contributed by atoms with Gasteiger partial charge in [0.15, 0.2) is 0 Å². The molecule has 0 aromatic heterocycles. The number of likely N-dealkylation sites (tertiary alicyclic amines) is 1. The van der Waals surface area contributed by atoms with Crippen molar-refractivity contribution in [3.05, 3.63) is 35.4 Å². The fourth-order valence-corrected chi connectivity index (χ4v) is 2.67. The van der Waals surface area contributed by atoms with E-state index in [1.54, 1.807) is 6.92 Å². The van der Waals surface area contributed by atoms with Gasteiger partial charge in [0, 0.05) is 20.0 Å². The molecule has 1 fully saturated rings. The van der Waals surface area contributed by atoms with Crippen LogP contribution in [0.5, 0.6) is 0 Å². The lowest BCUT2D eigenvalue weighted by atomic mass is 10.1. The van der Waals surface area contributed by atoms with Gasteiger partial charge >= 0.3 is 0 Å². The minimum absolute atomic E-state index is 0.170. The third-order valence-corrected chi connectivity index (χ3v) is 3.91. The number of nitrogens with zero attached hydrogens (tertiary/aromatic N) is 1. The van der Waals surface area contributed by atoms with Crippen LogP contribution in [-0.2, 0) is 22.7 Å². The summed E-state index contributed by atoms with van der Waals surface area (Å²) in [6, 6.07) is 7.84. The second kappa shape index (κ2) is 7.94. The van der Waals surface area contributed by atoms with Crippen molar-refractivity contribution in [3.63, 3.8) is 0 Å². The van der Waals surface area contributed by atoms with Gasteiger partial charge in [0.1, 0.15) is 6.04 Å². The van der Waals surface area contributed by atoms with Gasteiger partial charge in [0.25, 0.3) is 0 Å². The molecule has 1 saturated heterocycles. The van der Waals surface area contributed by atoms with Crippen LogP contribution in [0.1, 0.15) is 37.8 Å².